The number of nitrogens with two attached hydrogens (primary N) is 1. The van der Waals surface area contributed by atoms with Crippen molar-refractivity contribution in [2.24, 2.45) is 12.8 Å². The number of aliphatic carboxylic acids is 1. The van der Waals surface area contributed by atoms with Gasteiger partial charge in [-0.2, -0.15) is 0 Å². The molecule has 3 aromatic carbocycles. The fourth-order valence-corrected chi connectivity index (χ4v) is 5.48. The van der Waals surface area contributed by atoms with Gasteiger partial charge in [0.05, 0.1) is 12.2 Å². The highest BCUT2D eigenvalue weighted by Crippen LogP contribution is 2.18. The molecule has 0 aliphatic rings. The number of carbonyl (C=O) groups excluding carboxylic acids is 2. The number of hydrogen-bond acceptors (Lipinski definition) is 7. The number of amides is 2. The smallest absolute Gasteiger partial charge is 0.410 e. The number of carboxylic acid groups (broad SMARTS) is 1. The molecule has 0 bridgehead atoms. The molecule has 11 heteroatoms. The number of aromatic nitrogens is 2. The third-order valence-corrected chi connectivity index (χ3v) is 8.23. The highest BCUT2D eigenvalue weighted by atomic mass is 16.6. The first kappa shape index (κ1) is 39.3. The molecule has 2 heterocycles. The van der Waals surface area contributed by atoms with Crippen molar-refractivity contribution in [2.75, 3.05) is 6.54 Å². The molecule has 0 aliphatic heterocycles. The van der Waals surface area contributed by atoms with Gasteiger partial charge in [0, 0.05) is 50.3 Å². The van der Waals surface area contributed by atoms with E-state index in [9.17, 15) is 19.5 Å². The summed E-state index contributed by atoms with van der Waals surface area (Å²) >= 11 is 0. The van der Waals surface area contributed by atoms with Crippen LogP contribution in [0.3, 0.4) is 0 Å². The SMILES string of the molecule is Cn1cccc1CNCCC[C@H](NC(=O)c1ccc(CN(Cc2ccccn2)C(=O)OC(C)(C)C)cc1)C(=O)O.NCc1cccc2ccccc12. The Morgan fingerprint density at radius 3 is 2.31 bits per heavy atom. The molecule has 274 valence electrons. The molecule has 5 rings (SSSR count). The van der Waals surface area contributed by atoms with E-state index in [0.29, 0.717) is 38.0 Å². The number of benzene rings is 3. The molecule has 0 spiro atoms. The molecule has 52 heavy (non-hydrogen) atoms. The maximum Gasteiger partial charge on any atom is 0.410 e. The molecule has 0 aliphatic carbocycles. The van der Waals surface area contributed by atoms with Crippen molar-refractivity contribution >= 4 is 28.7 Å². The number of nitrogens with zero attached hydrogens (tertiary/aromatic N) is 3. The minimum atomic E-state index is -1.07. The number of aryl methyl sites for hydroxylation is 1. The van der Waals surface area contributed by atoms with Gasteiger partial charge in [0.2, 0.25) is 0 Å². The van der Waals surface area contributed by atoms with Gasteiger partial charge in [-0.1, -0.05) is 60.7 Å². The molecule has 5 aromatic rings. The van der Waals surface area contributed by atoms with E-state index in [2.05, 4.69) is 39.9 Å². The van der Waals surface area contributed by atoms with Crippen LogP contribution in [0.1, 0.15) is 66.5 Å². The van der Waals surface area contributed by atoms with E-state index in [1.807, 2.05) is 87.1 Å². The van der Waals surface area contributed by atoms with Crippen molar-refractivity contribution in [1.82, 2.24) is 25.1 Å². The molecule has 0 saturated heterocycles. The number of ether oxygens (including phenoxy) is 1. The van der Waals surface area contributed by atoms with E-state index in [4.69, 9.17) is 10.5 Å². The number of rotatable bonds is 14. The Bertz CT molecular complexity index is 1880. The van der Waals surface area contributed by atoms with Crippen molar-refractivity contribution < 1.29 is 24.2 Å². The van der Waals surface area contributed by atoms with Crippen LogP contribution in [0.5, 0.6) is 0 Å². The average molecular weight is 707 g/mol. The van der Waals surface area contributed by atoms with Gasteiger partial charge in [-0.3, -0.25) is 14.7 Å². The largest absolute Gasteiger partial charge is 0.480 e. The monoisotopic (exact) mass is 706 g/mol. The maximum absolute atomic E-state index is 12.9. The summed E-state index contributed by atoms with van der Waals surface area (Å²) in [6.07, 6.45) is 4.07. The third-order valence-electron chi connectivity index (χ3n) is 8.23. The van der Waals surface area contributed by atoms with Crippen LogP contribution in [-0.4, -0.2) is 55.7 Å². The Hall–Kier alpha value is -5.52. The van der Waals surface area contributed by atoms with Crippen LogP contribution in [0.25, 0.3) is 10.8 Å². The van der Waals surface area contributed by atoms with Crippen LogP contribution in [0.2, 0.25) is 0 Å². The molecule has 1 atom stereocenters. The van der Waals surface area contributed by atoms with E-state index in [-0.39, 0.29) is 13.1 Å². The molecule has 2 aromatic heterocycles. The van der Waals surface area contributed by atoms with E-state index in [1.54, 1.807) is 35.4 Å². The van der Waals surface area contributed by atoms with Crippen molar-refractivity contribution in [3.05, 3.63) is 138 Å². The minimum absolute atomic E-state index is 0.251. The number of nitrogens with one attached hydrogen (secondary N) is 2. The Morgan fingerprint density at radius 1 is 0.923 bits per heavy atom. The fraction of sp³-hybridized carbons (Fsp3) is 0.317. The molecule has 0 unspecified atom stereocenters. The van der Waals surface area contributed by atoms with Gasteiger partial charge in [0.1, 0.15) is 11.6 Å². The Labute approximate surface area is 305 Å². The lowest BCUT2D eigenvalue weighted by molar-refractivity contribution is -0.139. The lowest BCUT2D eigenvalue weighted by atomic mass is 10.1. The van der Waals surface area contributed by atoms with Crippen LogP contribution in [-0.2, 0) is 42.8 Å². The first-order valence-electron chi connectivity index (χ1n) is 17.4. The summed E-state index contributed by atoms with van der Waals surface area (Å²) in [6.45, 7) is 7.87. The zero-order chi connectivity index (χ0) is 37.5. The Balaban J connectivity index is 0.000000421. The first-order chi connectivity index (χ1) is 24.9. The molecular weight excluding hydrogens is 656 g/mol. The second-order valence-corrected chi connectivity index (χ2v) is 13.5. The number of carboxylic acids is 1. The van der Waals surface area contributed by atoms with Gasteiger partial charge < -0.3 is 30.8 Å². The average Bonchev–Trinajstić information content (AvgIpc) is 3.54. The second kappa shape index (κ2) is 19.2. The van der Waals surface area contributed by atoms with E-state index >= 15 is 0 Å². The topological polar surface area (TPSA) is 152 Å². The standard InChI is InChI=1S/C30H39N5O5.C11H11N/c1-30(2,3)40-29(39)35(21-24-9-5-6-17-32-24)20-22-12-14-23(15-13-22)27(36)33-26(28(37)38)11-7-16-31-19-25-10-8-18-34(25)4;12-8-10-6-3-5-9-4-1-2-7-11(9)10/h5-6,8-10,12-15,17-18,26,31H,7,11,16,19-21H2,1-4H3,(H,33,36)(H,37,38);1-7H,8,12H2/t26-;/m0./s1. The summed E-state index contributed by atoms with van der Waals surface area (Å²) in [5, 5.41) is 18.1. The summed E-state index contributed by atoms with van der Waals surface area (Å²) < 4.78 is 7.60. The minimum Gasteiger partial charge on any atom is -0.480 e. The van der Waals surface area contributed by atoms with Crippen LogP contribution in [0.4, 0.5) is 4.79 Å². The molecule has 2 amide bonds. The summed E-state index contributed by atoms with van der Waals surface area (Å²) in [5.74, 6) is -1.54. The van der Waals surface area contributed by atoms with Gasteiger partial charge in [-0.25, -0.2) is 9.59 Å². The normalized spacial score (nSPS) is 11.6. The van der Waals surface area contributed by atoms with Crippen molar-refractivity contribution in [3.63, 3.8) is 0 Å². The maximum atomic E-state index is 12.9. The van der Waals surface area contributed by atoms with E-state index in [0.717, 1.165) is 17.0 Å². The highest BCUT2D eigenvalue weighted by molar-refractivity contribution is 5.96. The van der Waals surface area contributed by atoms with Gasteiger partial charge in [-0.15, -0.1) is 0 Å². The molecular formula is C41H50N6O5. The van der Waals surface area contributed by atoms with Crippen molar-refractivity contribution in [1.29, 1.82) is 0 Å². The molecule has 11 nitrogen and oxygen atoms in total. The number of carbonyl (C=O) groups is 3. The van der Waals surface area contributed by atoms with Crippen molar-refractivity contribution in [3.8, 4) is 0 Å². The molecule has 5 N–H and O–H groups in total. The predicted octanol–water partition coefficient (Wildman–Crippen LogP) is 6.41. The Morgan fingerprint density at radius 2 is 1.65 bits per heavy atom. The summed E-state index contributed by atoms with van der Waals surface area (Å²) in [6, 6.07) is 29.8. The zero-order valence-electron chi connectivity index (χ0n) is 30.4. The highest BCUT2D eigenvalue weighted by Gasteiger charge is 2.24. The summed E-state index contributed by atoms with van der Waals surface area (Å²) in [4.78, 5) is 43.3. The van der Waals surface area contributed by atoms with Crippen LogP contribution in [0.15, 0.2) is 109 Å². The van der Waals surface area contributed by atoms with E-state index < -0.39 is 29.6 Å². The first-order valence-corrected chi connectivity index (χ1v) is 17.4. The van der Waals surface area contributed by atoms with Crippen LogP contribution < -0.4 is 16.4 Å². The number of pyridine rings is 1. The lowest BCUT2D eigenvalue weighted by Gasteiger charge is -2.27. The Kier molecular flexibility index (Phi) is 14.5. The molecule has 0 fully saturated rings. The van der Waals surface area contributed by atoms with Gasteiger partial charge >= 0.3 is 12.1 Å². The van der Waals surface area contributed by atoms with Gasteiger partial charge in [0.15, 0.2) is 0 Å². The van der Waals surface area contributed by atoms with Crippen LogP contribution in [0, 0.1) is 0 Å². The lowest BCUT2D eigenvalue weighted by Crippen LogP contribution is -2.41. The number of fused-ring (bicyclic) bond motifs is 1. The van der Waals surface area contributed by atoms with Crippen molar-refractivity contribution in [2.45, 2.75) is 71.4 Å². The summed E-state index contributed by atoms with van der Waals surface area (Å²) in [7, 11) is 1.97. The number of hydrogen-bond donors (Lipinski definition) is 4. The molecule has 0 saturated carbocycles. The predicted molar refractivity (Wildman–Crippen MR) is 203 cm³/mol. The van der Waals surface area contributed by atoms with Crippen LogP contribution >= 0.6 is 0 Å². The third kappa shape index (κ3) is 12.4. The zero-order valence-corrected chi connectivity index (χ0v) is 30.4. The second-order valence-electron chi connectivity index (χ2n) is 13.5. The summed E-state index contributed by atoms with van der Waals surface area (Å²) in [5.41, 5.74) is 9.16. The van der Waals surface area contributed by atoms with Gasteiger partial charge in [0.25, 0.3) is 5.91 Å². The van der Waals surface area contributed by atoms with Gasteiger partial charge in [-0.05, 0) is 98.5 Å². The fourth-order valence-electron chi connectivity index (χ4n) is 5.48. The molecule has 0 radical (unpaired) electrons. The quantitative estimate of drug-likeness (QED) is 0.0968. The van der Waals surface area contributed by atoms with E-state index in [1.165, 1.54) is 16.3 Å².